The van der Waals surface area contributed by atoms with Gasteiger partial charge < -0.3 is 0 Å². The van der Waals surface area contributed by atoms with Gasteiger partial charge in [-0.25, -0.2) is 4.98 Å². The van der Waals surface area contributed by atoms with Gasteiger partial charge >= 0.3 is 0 Å². The highest BCUT2D eigenvalue weighted by atomic mass is 79.9. The number of carbonyl (C=O) groups is 1. The summed E-state index contributed by atoms with van der Waals surface area (Å²) in [4.78, 5) is 17.5. The maximum absolute atomic E-state index is 12.1. The molecule has 1 N–H and O–H groups in total. The molecule has 0 aliphatic rings. The smallest absolute Gasteiger partial charge is 0.257 e. The number of benzene rings is 2. The highest BCUT2D eigenvalue weighted by Gasteiger charge is 2.09. The molecule has 0 aliphatic heterocycles. The Morgan fingerprint density at radius 2 is 1.83 bits per heavy atom. The highest BCUT2D eigenvalue weighted by molar-refractivity contribution is 9.10. The zero-order chi connectivity index (χ0) is 16.2. The molecular formula is C17H12BrClN2OS. The fourth-order valence-corrected chi connectivity index (χ4v) is 3.25. The van der Waals surface area contributed by atoms with Crippen LogP contribution in [-0.4, -0.2) is 10.9 Å². The molecule has 3 aromatic rings. The van der Waals surface area contributed by atoms with E-state index >= 15 is 0 Å². The fourth-order valence-electron chi connectivity index (χ4n) is 2.02. The standard InChI is InChI=1S/C17H12BrClN2OS/c18-13-5-1-11(2-6-13)9-15-10-20-17(23-15)21-16(22)12-3-7-14(19)8-4-12/h1-8,10H,9H2,(H,20,21,22). The molecule has 6 heteroatoms. The minimum absolute atomic E-state index is 0.189. The van der Waals surface area contributed by atoms with Crippen molar-refractivity contribution in [2.75, 3.05) is 5.32 Å². The summed E-state index contributed by atoms with van der Waals surface area (Å²) in [5.41, 5.74) is 1.76. The molecule has 2 aromatic carbocycles. The second-order valence-electron chi connectivity index (χ2n) is 4.90. The van der Waals surface area contributed by atoms with Gasteiger partial charge in [-0.1, -0.05) is 39.7 Å². The number of aromatic nitrogens is 1. The Hall–Kier alpha value is -1.69. The predicted molar refractivity (Wildman–Crippen MR) is 98.5 cm³/mol. The van der Waals surface area contributed by atoms with Crippen molar-refractivity contribution in [1.82, 2.24) is 4.98 Å². The van der Waals surface area contributed by atoms with Gasteiger partial charge in [0.05, 0.1) is 0 Å². The molecule has 23 heavy (non-hydrogen) atoms. The summed E-state index contributed by atoms with van der Waals surface area (Å²) in [6, 6.07) is 14.9. The average molecular weight is 408 g/mol. The van der Waals surface area contributed by atoms with Crippen LogP contribution in [0.25, 0.3) is 0 Å². The summed E-state index contributed by atoms with van der Waals surface area (Å²) >= 11 is 10.7. The molecule has 0 fully saturated rings. The minimum atomic E-state index is -0.189. The topological polar surface area (TPSA) is 42.0 Å². The first kappa shape index (κ1) is 16.2. The minimum Gasteiger partial charge on any atom is -0.298 e. The monoisotopic (exact) mass is 406 g/mol. The van der Waals surface area contributed by atoms with Crippen molar-refractivity contribution in [3.8, 4) is 0 Å². The maximum atomic E-state index is 12.1. The summed E-state index contributed by atoms with van der Waals surface area (Å²) in [7, 11) is 0. The summed E-state index contributed by atoms with van der Waals surface area (Å²) in [6.45, 7) is 0. The van der Waals surface area contributed by atoms with Gasteiger partial charge in [0.1, 0.15) is 0 Å². The number of nitrogens with one attached hydrogen (secondary N) is 1. The Morgan fingerprint density at radius 3 is 2.52 bits per heavy atom. The van der Waals surface area contributed by atoms with E-state index in [9.17, 15) is 4.79 Å². The van der Waals surface area contributed by atoms with Gasteiger partial charge in [0, 0.05) is 32.6 Å². The van der Waals surface area contributed by atoms with Crippen molar-refractivity contribution in [3.05, 3.63) is 80.2 Å². The Morgan fingerprint density at radius 1 is 1.13 bits per heavy atom. The van der Waals surface area contributed by atoms with E-state index in [1.807, 2.05) is 12.1 Å². The van der Waals surface area contributed by atoms with E-state index in [4.69, 9.17) is 11.6 Å². The number of rotatable bonds is 4. The first-order valence-electron chi connectivity index (χ1n) is 6.86. The van der Waals surface area contributed by atoms with Crippen molar-refractivity contribution < 1.29 is 4.79 Å². The molecule has 0 bridgehead atoms. The molecule has 0 spiro atoms. The zero-order valence-corrected chi connectivity index (χ0v) is 15.1. The number of hydrogen-bond donors (Lipinski definition) is 1. The predicted octanol–water partition coefficient (Wildman–Crippen LogP) is 5.40. The van der Waals surface area contributed by atoms with Crippen molar-refractivity contribution in [2.24, 2.45) is 0 Å². The lowest BCUT2D eigenvalue weighted by Gasteiger charge is -2.01. The van der Waals surface area contributed by atoms with Crippen molar-refractivity contribution in [3.63, 3.8) is 0 Å². The van der Waals surface area contributed by atoms with E-state index in [1.165, 1.54) is 16.9 Å². The van der Waals surface area contributed by atoms with E-state index in [1.54, 1.807) is 30.5 Å². The maximum Gasteiger partial charge on any atom is 0.257 e. The van der Waals surface area contributed by atoms with Crippen LogP contribution < -0.4 is 5.32 Å². The van der Waals surface area contributed by atoms with E-state index < -0.39 is 0 Å². The number of carbonyl (C=O) groups excluding carboxylic acids is 1. The molecule has 0 saturated carbocycles. The number of amides is 1. The quantitative estimate of drug-likeness (QED) is 0.629. The van der Waals surface area contributed by atoms with Crippen LogP contribution in [0.15, 0.2) is 59.2 Å². The number of thiazole rings is 1. The molecule has 0 atom stereocenters. The third-order valence-electron chi connectivity index (χ3n) is 3.17. The van der Waals surface area contributed by atoms with E-state index in [-0.39, 0.29) is 5.91 Å². The van der Waals surface area contributed by atoms with E-state index in [2.05, 4.69) is 38.4 Å². The third kappa shape index (κ3) is 4.41. The zero-order valence-electron chi connectivity index (χ0n) is 11.9. The summed E-state index contributed by atoms with van der Waals surface area (Å²) in [5.74, 6) is -0.189. The summed E-state index contributed by atoms with van der Waals surface area (Å²) in [5, 5.41) is 4.01. The highest BCUT2D eigenvalue weighted by Crippen LogP contribution is 2.22. The van der Waals surface area contributed by atoms with E-state index in [0.29, 0.717) is 15.7 Å². The number of halogens is 2. The van der Waals surface area contributed by atoms with Gasteiger partial charge in [0.25, 0.3) is 5.91 Å². The van der Waals surface area contributed by atoms with Gasteiger partial charge in [-0.05, 0) is 42.0 Å². The Balaban J connectivity index is 1.66. The molecule has 3 rings (SSSR count). The summed E-state index contributed by atoms with van der Waals surface area (Å²) in [6.07, 6.45) is 2.59. The van der Waals surface area contributed by atoms with Crippen molar-refractivity contribution in [2.45, 2.75) is 6.42 Å². The Kier molecular flexibility index (Phi) is 5.10. The molecular weight excluding hydrogens is 396 g/mol. The Bertz CT molecular complexity index is 815. The lowest BCUT2D eigenvalue weighted by atomic mass is 10.1. The fraction of sp³-hybridized carbons (Fsp3) is 0.0588. The average Bonchev–Trinajstić information content (AvgIpc) is 2.97. The first-order chi connectivity index (χ1) is 11.1. The summed E-state index contributed by atoms with van der Waals surface area (Å²) < 4.78 is 1.06. The normalized spacial score (nSPS) is 10.5. The number of nitrogens with zero attached hydrogens (tertiary/aromatic N) is 1. The second-order valence-corrected chi connectivity index (χ2v) is 7.36. The molecule has 0 radical (unpaired) electrons. The molecule has 1 amide bonds. The molecule has 1 heterocycles. The van der Waals surface area contributed by atoms with Crippen LogP contribution in [0.3, 0.4) is 0 Å². The van der Waals surface area contributed by atoms with Crippen LogP contribution in [0.4, 0.5) is 5.13 Å². The molecule has 0 saturated heterocycles. The van der Waals surface area contributed by atoms with Crippen LogP contribution in [-0.2, 0) is 6.42 Å². The SMILES string of the molecule is O=C(Nc1ncc(Cc2ccc(Br)cc2)s1)c1ccc(Cl)cc1. The lowest BCUT2D eigenvalue weighted by molar-refractivity contribution is 0.102. The van der Waals surface area contributed by atoms with Crippen molar-refractivity contribution in [1.29, 1.82) is 0 Å². The third-order valence-corrected chi connectivity index (χ3v) is 4.87. The molecule has 116 valence electrons. The molecule has 3 nitrogen and oxygen atoms in total. The number of anilines is 1. The van der Waals surface area contributed by atoms with Crippen molar-refractivity contribution >= 4 is 49.9 Å². The number of hydrogen-bond acceptors (Lipinski definition) is 3. The van der Waals surface area contributed by atoms with Gasteiger partial charge in [-0.2, -0.15) is 0 Å². The van der Waals surface area contributed by atoms with E-state index in [0.717, 1.165) is 15.8 Å². The molecule has 1 aromatic heterocycles. The Labute approximate surface area is 151 Å². The second kappa shape index (κ2) is 7.25. The van der Waals surface area contributed by atoms with Crippen LogP contribution in [0.2, 0.25) is 5.02 Å². The van der Waals surface area contributed by atoms with Crippen LogP contribution in [0.1, 0.15) is 20.8 Å². The first-order valence-corrected chi connectivity index (χ1v) is 8.85. The van der Waals surface area contributed by atoms with Crippen LogP contribution in [0, 0.1) is 0 Å². The van der Waals surface area contributed by atoms with Gasteiger partial charge in [0.2, 0.25) is 0 Å². The van der Waals surface area contributed by atoms with Gasteiger partial charge in [-0.15, -0.1) is 11.3 Å². The van der Waals surface area contributed by atoms with Gasteiger partial charge in [0.15, 0.2) is 5.13 Å². The van der Waals surface area contributed by atoms with Crippen LogP contribution >= 0.6 is 38.9 Å². The van der Waals surface area contributed by atoms with Gasteiger partial charge in [-0.3, -0.25) is 10.1 Å². The van der Waals surface area contributed by atoms with Crippen LogP contribution in [0.5, 0.6) is 0 Å². The molecule has 0 unspecified atom stereocenters. The molecule has 0 aliphatic carbocycles. The largest absolute Gasteiger partial charge is 0.298 e. The lowest BCUT2D eigenvalue weighted by Crippen LogP contribution is -2.11.